The molecule has 22 heavy (non-hydrogen) atoms. The van der Waals surface area contributed by atoms with Crippen molar-refractivity contribution in [3.05, 3.63) is 0 Å². The Balaban J connectivity index is 2.21. The third-order valence-electron chi connectivity index (χ3n) is 4.22. The molecule has 0 radical (unpaired) electrons. The zero-order valence-electron chi connectivity index (χ0n) is 13.8. The molecule has 1 unspecified atom stereocenters. The molecule has 3 amide bonds. The topological polar surface area (TPSA) is 78.5 Å². The smallest absolute Gasteiger partial charge is 0.245 e. The van der Waals surface area contributed by atoms with Crippen LogP contribution in [0.3, 0.4) is 0 Å². The van der Waals surface area contributed by atoms with Gasteiger partial charge in [0.1, 0.15) is 6.04 Å². The van der Waals surface area contributed by atoms with Gasteiger partial charge in [0.25, 0.3) is 0 Å². The Bertz CT molecular complexity index is 450. The zero-order valence-corrected chi connectivity index (χ0v) is 13.8. The Hall–Kier alpha value is -1.59. The molecule has 0 bridgehead atoms. The largest absolute Gasteiger partial charge is 0.350 e. The van der Waals surface area contributed by atoms with Gasteiger partial charge in [0.2, 0.25) is 17.7 Å². The van der Waals surface area contributed by atoms with Crippen molar-refractivity contribution in [1.29, 1.82) is 0 Å². The molecule has 1 aliphatic carbocycles. The van der Waals surface area contributed by atoms with Crippen molar-refractivity contribution >= 4 is 17.7 Å². The Morgan fingerprint density at radius 3 is 2.41 bits per heavy atom. The molecule has 1 atom stereocenters. The number of nitrogens with zero attached hydrogens (tertiary/aromatic N) is 1. The predicted octanol–water partition coefficient (Wildman–Crippen LogP) is 1.50. The van der Waals surface area contributed by atoms with Crippen molar-refractivity contribution in [3.8, 4) is 0 Å². The molecular weight excluding hydrogens is 282 g/mol. The minimum absolute atomic E-state index is 0.110. The lowest BCUT2D eigenvalue weighted by Gasteiger charge is -2.40. The second-order valence-corrected chi connectivity index (χ2v) is 7.38. The van der Waals surface area contributed by atoms with E-state index < -0.39 is 6.04 Å². The van der Waals surface area contributed by atoms with Gasteiger partial charge in [0.05, 0.1) is 0 Å². The van der Waals surface area contributed by atoms with Crippen LogP contribution >= 0.6 is 0 Å². The summed E-state index contributed by atoms with van der Waals surface area (Å²) in [7, 11) is 0. The Morgan fingerprint density at radius 1 is 1.18 bits per heavy atom. The molecule has 1 heterocycles. The van der Waals surface area contributed by atoms with Gasteiger partial charge in [-0.3, -0.25) is 19.8 Å². The number of hydrogen-bond donors (Lipinski definition) is 2. The van der Waals surface area contributed by atoms with Crippen molar-refractivity contribution in [2.45, 2.75) is 77.3 Å². The van der Waals surface area contributed by atoms with E-state index in [9.17, 15) is 14.4 Å². The highest BCUT2D eigenvalue weighted by atomic mass is 16.2. The first kappa shape index (κ1) is 16.8. The number of carbonyl (C=O) groups is 3. The SMILES string of the molecule is CC(C)(C)NC(=O)C(C1CCCCC1)N1NC(=O)CCC1=O. The van der Waals surface area contributed by atoms with Crippen molar-refractivity contribution in [1.82, 2.24) is 15.8 Å². The first-order valence-electron chi connectivity index (χ1n) is 8.21. The fourth-order valence-corrected chi connectivity index (χ4v) is 3.25. The van der Waals surface area contributed by atoms with Crippen LogP contribution in [0, 0.1) is 5.92 Å². The number of carbonyl (C=O) groups excluding carboxylic acids is 3. The average Bonchev–Trinajstić information content (AvgIpc) is 2.42. The zero-order chi connectivity index (χ0) is 16.3. The van der Waals surface area contributed by atoms with Crippen LogP contribution in [0.15, 0.2) is 0 Å². The fraction of sp³-hybridized carbons (Fsp3) is 0.812. The molecular formula is C16H27N3O3. The van der Waals surface area contributed by atoms with Crippen LogP contribution in [0.5, 0.6) is 0 Å². The number of nitrogens with one attached hydrogen (secondary N) is 2. The van der Waals surface area contributed by atoms with Crippen LogP contribution in [0.4, 0.5) is 0 Å². The van der Waals surface area contributed by atoms with Crippen LogP contribution in [0.2, 0.25) is 0 Å². The summed E-state index contributed by atoms with van der Waals surface area (Å²) in [5.74, 6) is -0.420. The average molecular weight is 309 g/mol. The highest BCUT2D eigenvalue weighted by molar-refractivity contribution is 5.93. The van der Waals surface area contributed by atoms with Gasteiger partial charge < -0.3 is 5.32 Å². The lowest BCUT2D eigenvalue weighted by molar-refractivity contribution is -0.156. The van der Waals surface area contributed by atoms with Crippen LogP contribution in [0.25, 0.3) is 0 Å². The second kappa shape index (κ2) is 6.67. The van der Waals surface area contributed by atoms with Crippen LogP contribution in [0.1, 0.15) is 65.7 Å². The number of hydrazine groups is 1. The summed E-state index contributed by atoms with van der Waals surface area (Å²) >= 11 is 0. The van der Waals surface area contributed by atoms with E-state index >= 15 is 0 Å². The van der Waals surface area contributed by atoms with Crippen molar-refractivity contribution < 1.29 is 14.4 Å². The van der Waals surface area contributed by atoms with Gasteiger partial charge >= 0.3 is 0 Å². The lowest BCUT2D eigenvalue weighted by atomic mass is 9.82. The van der Waals surface area contributed by atoms with E-state index in [0.717, 1.165) is 25.7 Å². The van der Waals surface area contributed by atoms with E-state index in [0.29, 0.717) is 0 Å². The van der Waals surface area contributed by atoms with Crippen LogP contribution in [-0.4, -0.2) is 34.3 Å². The van der Waals surface area contributed by atoms with Crippen LogP contribution < -0.4 is 10.7 Å². The van der Waals surface area contributed by atoms with Gasteiger partial charge in [-0.1, -0.05) is 19.3 Å². The maximum Gasteiger partial charge on any atom is 0.245 e. The van der Waals surface area contributed by atoms with E-state index in [4.69, 9.17) is 0 Å². The molecule has 0 aromatic rings. The molecule has 6 nitrogen and oxygen atoms in total. The third-order valence-corrected chi connectivity index (χ3v) is 4.22. The molecule has 0 aromatic carbocycles. The van der Waals surface area contributed by atoms with Crippen LogP contribution in [-0.2, 0) is 14.4 Å². The van der Waals surface area contributed by atoms with Gasteiger partial charge in [-0.25, -0.2) is 5.01 Å². The summed E-state index contributed by atoms with van der Waals surface area (Å²) in [5.41, 5.74) is 2.25. The molecule has 0 spiro atoms. The normalized spacial score (nSPS) is 22.2. The summed E-state index contributed by atoms with van der Waals surface area (Å²) in [6.45, 7) is 5.75. The summed E-state index contributed by atoms with van der Waals surface area (Å²) in [6.07, 6.45) is 5.53. The molecule has 6 heteroatoms. The Morgan fingerprint density at radius 2 is 1.82 bits per heavy atom. The number of amides is 3. The molecule has 1 aliphatic heterocycles. The van der Waals surface area contributed by atoms with Gasteiger partial charge in [-0.05, 0) is 39.5 Å². The maximum atomic E-state index is 12.8. The first-order valence-corrected chi connectivity index (χ1v) is 8.21. The predicted molar refractivity (Wildman–Crippen MR) is 82.5 cm³/mol. The van der Waals surface area contributed by atoms with Crippen molar-refractivity contribution in [2.24, 2.45) is 5.92 Å². The van der Waals surface area contributed by atoms with Gasteiger partial charge in [-0.15, -0.1) is 0 Å². The second-order valence-electron chi connectivity index (χ2n) is 7.38. The highest BCUT2D eigenvalue weighted by Crippen LogP contribution is 2.30. The fourth-order valence-electron chi connectivity index (χ4n) is 3.25. The highest BCUT2D eigenvalue weighted by Gasteiger charge is 2.40. The summed E-state index contributed by atoms with van der Waals surface area (Å²) < 4.78 is 0. The van der Waals surface area contributed by atoms with Crippen molar-refractivity contribution in [2.75, 3.05) is 0 Å². The number of rotatable bonds is 3. The summed E-state index contributed by atoms with van der Waals surface area (Å²) in [4.78, 5) is 36.7. The lowest BCUT2D eigenvalue weighted by Crippen LogP contribution is -2.63. The standard InChI is InChI=1S/C16H27N3O3/c1-16(2,3)17-15(22)14(11-7-5-4-6-8-11)19-13(21)10-9-12(20)18-19/h11,14H,4-10H2,1-3H3,(H,17,22)(H,18,20). The molecule has 1 saturated heterocycles. The molecule has 2 fully saturated rings. The van der Waals surface area contributed by atoms with E-state index in [1.165, 1.54) is 11.4 Å². The summed E-state index contributed by atoms with van der Waals surface area (Å²) in [6, 6.07) is -0.601. The maximum absolute atomic E-state index is 12.8. The molecule has 2 aliphatic rings. The molecule has 124 valence electrons. The minimum atomic E-state index is -0.601. The molecule has 0 aromatic heterocycles. The van der Waals surface area contributed by atoms with Gasteiger partial charge in [0, 0.05) is 18.4 Å². The monoisotopic (exact) mass is 309 g/mol. The summed E-state index contributed by atoms with van der Waals surface area (Å²) in [5, 5.41) is 4.26. The van der Waals surface area contributed by atoms with Gasteiger partial charge in [0.15, 0.2) is 0 Å². The third kappa shape index (κ3) is 4.21. The van der Waals surface area contributed by atoms with Crippen molar-refractivity contribution in [3.63, 3.8) is 0 Å². The molecule has 2 N–H and O–H groups in total. The Labute approximate surface area is 132 Å². The molecule has 1 saturated carbocycles. The first-order chi connectivity index (χ1) is 10.3. The minimum Gasteiger partial charge on any atom is -0.350 e. The van der Waals surface area contributed by atoms with E-state index in [1.807, 2.05) is 20.8 Å². The van der Waals surface area contributed by atoms with Gasteiger partial charge in [-0.2, -0.15) is 0 Å². The van der Waals surface area contributed by atoms with E-state index in [1.54, 1.807) is 0 Å². The quantitative estimate of drug-likeness (QED) is 0.829. The van der Waals surface area contributed by atoms with E-state index in [-0.39, 0.29) is 42.0 Å². The number of hydrogen-bond acceptors (Lipinski definition) is 3. The Kier molecular flexibility index (Phi) is 5.08. The van der Waals surface area contributed by atoms with E-state index in [2.05, 4.69) is 10.7 Å². The molecule has 2 rings (SSSR count).